The van der Waals surface area contributed by atoms with E-state index in [9.17, 15) is 4.79 Å². The third-order valence-corrected chi connectivity index (χ3v) is 4.14. The number of nitrogens with two attached hydrogens (primary N) is 1. The van der Waals surface area contributed by atoms with Crippen molar-refractivity contribution in [3.63, 3.8) is 0 Å². The van der Waals surface area contributed by atoms with Gasteiger partial charge in [0.15, 0.2) is 0 Å². The number of carbonyl (C=O) groups is 1. The fourth-order valence-electron chi connectivity index (χ4n) is 2.21. The van der Waals surface area contributed by atoms with Crippen LogP contribution in [0.2, 0.25) is 0 Å². The minimum Gasteiger partial charge on any atom is -0.462 e. The number of rotatable bonds is 3. The summed E-state index contributed by atoms with van der Waals surface area (Å²) in [6.07, 6.45) is 2.87. The molecule has 0 radical (unpaired) electrons. The Balaban J connectivity index is 2.30. The molecule has 0 saturated heterocycles. The standard InChI is InChI=1S/C12H17NO3S/c1-3-16-12(14)10-8-5-4-7(15-2)6-9(8)17-11(10)13/h7H,3-6,13H2,1-2H3. The van der Waals surface area contributed by atoms with Crippen molar-refractivity contribution in [1.82, 2.24) is 0 Å². The van der Waals surface area contributed by atoms with Gasteiger partial charge >= 0.3 is 5.97 Å². The molecule has 2 rings (SSSR count). The van der Waals surface area contributed by atoms with Crippen LogP contribution in [-0.2, 0) is 22.3 Å². The van der Waals surface area contributed by atoms with Crippen molar-refractivity contribution in [2.24, 2.45) is 0 Å². The summed E-state index contributed by atoms with van der Waals surface area (Å²) >= 11 is 1.49. The smallest absolute Gasteiger partial charge is 0.341 e. The number of anilines is 1. The summed E-state index contributed by atoms with van der Waals surface area (Å²) in [5.41, 5.74) is 7.57. The highest BCUT2D eigenvalue weighted by atomic mass is 32.1. The number of esters is 1. The fraction of sp³-hybridized carbons (Fsp3) is 0.583. The van der Waals surface area contributed by atoms with Crippen LogP contribution in [0.4, 0.5) is 5.00 Å². The van der Waals surface area contributed by atoms with E-state index in [2.05, 4.69) is 0 Å². The van der Waals surface area contributed by atoms with Gasteiger partial charge in [-0.15, -0.1) is 11.3 Å². The molecule has 4 nitrogen and oxygen atoms in total. The zero-order valence-electron chi connectivity index (χ0n) is 10.1. The SMILES string of the molecule is CCOC(=O)c1c(N)sc2c1CCC(OC)C2. The Kier molecular flexibility index (Phi) is 3.69. The molecule has 1 aliphatic rings. The number of methoxy groups -OCH3 is 1. The highest BCUT2D eigenvalue weighted by Crippen LogP contribution is 2.37. The lowest BCUT2D eigenvalue weighted by atomic mass is 9.93. The summed E-state index contributed by atoms with van der Waals surface area (Å²) < 4.78 is 10.4. The van der Waals surface area contributed by atoms with E-state index in [4.69, 9.17) is 15.2 Å². The second-order valence-corrected chi connectivity index (χ2v) is 5.20. The molecule has 0 spiro atoms. The van der Waals surface area contributed by atoms with Crippen LogP contribution in [0.15, 0.2) is 0 Å². The van der Waals surface area contributed by atoms with Gasteiger partial charge in [-0.3, -0.25) is 0 Å². The molecule has 0 bridgehead atoms. The van der Waals surface area contributed by atoms with Gasteiger partial charge in [0.2, 0.25) is 0 Å². The molecule has 1 heterocycles. The summed E-state index contributed by atoms with van der Waals surface area (Å²) in [5, 5.41) is 0.574. The Morgan fingerprint density at radius 1 is 1.59 bits per heavy atom. The lowest BCUT2D eigenvalue weighted by Crippen LogP contribution is -2.21. The maximum absolute atomic E-state index is 11.8. The first-order valence-electron chi connectivity index (χ1n) is 5.77. The molecule has 0 fully saturated rings. The highest BCUT2D eigenvalue weighted by Gasteiger charge is 2.28. The Bertz CT molecular complexity index is 428. The van der Waals surface area contributed by atoms with Crippen LogP contribution in [0, 0.1) is 0 Å². The molecule has 2 N–H and O–H groups in total. The zero-order chi connectivity index (χ0) is 12.4. The lowest BCUT2D eigenvalue weighted by molar-refractivity contribution is 0.0524. The molecule has 1 aliphatic carbocycles. The number of ether oxygens (including phenoxy) is 2. The average molecular weight is 255 g/mol. The number of hydrogen-bond donors (Lipinski definition) is 1. The van der Waals surface area contributed by atoms with Crippen molar-refractivity contribution in [3.8, 4) is 0 Å². The van der Waals surface area contributed by atoms with Crippen LogP contribution >= 0.6 is 11.3 Å². The largest absolute Gasteiger partial charge is 0.462 e. The van der Waals surface area contributed by atoms with Crippen molar-refractivity contribution in [3.05, 3.63) is 16.0 Å². The van der Waals surface area contributed by atoms with E-state index in [1.165, 1.54) is 16.2 Å². The first-order valence-corrected chi connectivity index (χ1v) is 6.59. The molecule has 5 heteroatoms. The Hall–Kier alpha value is -1.07. The zero-order valence-corrected chi connectivity index (χ0v) is 10.9. The summed E-state index contributed by atoms with van der Waals surface area (Å²) in [6.45, 7) is 2.18. The van der Waals surface area contributed by atoms with E-state index >= 15 is 0 Å². The molecular weight excluding hydrogens is 238 g/mol. The van der Waals surface area contributed by atoms with Crippen molar-refractivity contribution >= 4 is 22.3 Å². The van der Waals surface area contributed by atoms with Gasteiger partial charge in [0.05, 0.1) is 18.3 Å². The normalized spacial score (nSPS) is 18.8. The predicted molar refractivity (Wildman–Crippen MR) is 67.5 cm³/mol. The van der Waals surface area contributed by atoms with Crippen LogP contribution in [0.3, 0.4) is 0 Å². The molecule has 0 amide bonds. The first kappa shape index (κ1) is 12.4. The van der Waals surface area contributed by atoms with Gasteiger partial charge in [0.25, 0.3) is 0 Å². The number of carbonyl (C=O) groups excluding carboxylic acids is 1. The minimum atomic E-state index is -0.293. The Labute approximate surface area is 105 Å². The van der Waals surface area contributed by atoms with Gasteiger partial charge in [0.1, 0.15) is 5.00 Å². The van der Waals surface area contributed by atoms with E-state index < -0.39 is 0 Å². The van der Waals surface area contributed by atoms with Crippen molar-refractivity contribution < 1.29 is 14.3 Å². The second kappa shape index (κ2) is 5.06. The molecule has 0 aromatic carbocycles. The van der Waals surface area contributed by atoms with Crippen molar-refractivity contribution in [2.45, 2.75) is 32.3 Å². The maximum atomic E-state index is 11.8. The van der Waals surface area contributed by atoms with E-state index in [1.54, 1.807) is 14.0 Å². The van der Waals surface area contributed by atoms with Crippen LogP contribution in [0.25, 0.3) is 0 Å². The molecule has 1 atom stereocenters. The highest BCUT2D eigenvalue weighted by molar-refractivity contribution is 7.16. The summed E-state index contributed by atoms with van der Waals surface area (Å²) in [7, 11) is 1.72. The van der Waals surface area contributed by atoms with E-state index in [1.807, 2.05) is 0 Å². The van der Waals surface area contributed by atoms with Crippen molar-refractivity contribution in [2.75, 3.05) is 19.5 Å². The molecule has 1 unspecified atom stereocenters. The van der Waals surface area contributed by atoms with E-state index in [0.29, 0.717) is 17.2 Å². The predicted octanol–water partition coefficient (Wildman–Crippen LogP) is 2.01. The van der Waals surface area contributed by atoms with Crippen molar-refractivity contribution in [1.29, 1.82) is 0 Å². The van der Waals surface area contributed by atoms with Gasteiger partial charge in [-0.2, -0.15) is 0 Å². The van der Waals surface area contributed by atoms with E-state index in [-0.39, 0.29) is 12.1 Å². The molecule has 94 valence electrons. The molecule has 0 saturated carbocycles. The van der Waals surface area contributed by atoms with Crippen LogP contribution in [0.5, 0.6) is 0 Å². The van der Waals surface area contributed by atoms with Gasteiger partial charge in [0, 0.05) is 18.4 Å². The second-order valence-electron chi connectivity index (χ2n) is 4.06. The number of fused-ring (bicyclic) bond motifs is 1. The monoisotopic (exact) mass is 255 g/mol. The minimum absolute atomic E-state index is 0.246. The number of thiophene rings is 1. The summed E-state index contributed by atoms with van der Waals surface area (Å²) in [5.74, 6) is -0.293. The molecule has 0 aliphatic heterocycles. The molecular formula is C12H17NO3S. The Morgan fingerprint density at radius 2 is 2.35 bits per heavy atom. The van der Waals surface area contributed by atoms with Gasteiger partial charge in [-0.25, -0.2) is 4.79 Å². The van der Waals surface area contributed by atoms with Crippen LogP contribution in [-0.4, -0.2) is 25.8 Å². The molecule has 1 aromatic rings. The van der Waals surface area contributed by atoms with Gasteiger partial charge in [-0.1, -0.05) is 0 Å². The first-order chi connectivity index (χ1) is 8.17. The van der Waals surface area contributed by atoms with Crippen LogP contribution in [0.1, 0.15) is 34.1 Å². The fourth-order valence-corrected chi connectivity index (χ4v) is 3.38. The van der Waals surface area contributed by atoms with E-state index in [0.717, 1.165) is 24.8 Å². The maximum Gasteiger partial charge on any atom is 0.341 e. The summed E-state index contributed by atoms with van der Waals surface area (Å²) in [6, 6.07) is 0. The third kappa shape index (κ3) is 2.30. The number of nitrogen functional groups attached to an aromatic ring is 1. The Morgan fingerprint density at radius 3 is 3.00 bits per heavy atom. The quantitative estimate of drug-likeness (QED) is 0.839. The van der Waals surface area contributed by atoms with Gasteiger partial charge < -0.3 is 15.2 Å². The molecule has 1 aromatic heterocycles. The average Bonchev–Trinajstić information content (AvgIpc) is 2.64. The summed E-state index contributed by atoms with van der Waals surface area (Å²) in [4.78, 5) is 13.0. The van der Waals surface area contributed by atoms with Crippen LogP contribution < -0.4 is 5.73 Å². The molecule has 17 heavy (non-hydrogen) atoms. The third-order valence-electron chi connectivity index (χ3n) is 3.06. The topological polar surface area (TPSA) is 61.5 Å². The number of hydrogen-bond acceptors (Lipinski definition) is 5. The van der Waals surface area contributed by atoms with Gasteiger partial charge in [-0.05, 0) is 25.3 Å². The lowest BCUT2D eigenvalue weighted by Gasteiger charge is -2.20.